The molecule has 0 unspecified atom stereocenters. The third-order valence-corrected chi connectivity index (χ3v) is 4.61. The average Bonchev–Trinajstić information content (AvgIpc) is 2.25. The molecule has 0 bridgehead atoms. The van der Waals surface area contributed by atoms with Crippen molar-refractivity contribution in [2.24, 2.45) is 0 Å². The minimum atomic E-state index is -4.68. The summed E-state index contributed by atoms with van der Waals surface area (Å²) < 4.78 is 59.4. The van der Waals surface area contributed by atoms with E-state index in [2.05, 4.69) is 5.32 Å². The zero-order chi connectivity index (χ0) is 15.1. The SMILES string of the molecule is O=[N+]([O-])c1cc(C(F)(F)F)ccc1NC1CS(=O)(=O)C1. The van der Waals surface area contributed by atoms with Gasteiger partial charge in [0.05, 0.1) is 28.0 Å². The topological polar surface area (TPSA) is 89.3 Å². The Morgan fingerprint density at radius 3 is 2.35 bits per heavy atom. The number of hydrogen-bond donors (Lipinski definition) is 1. The van der Waals surface area contributed by atoms with Crippen LogP contribution in [0, 0.1) is 10.1 Å². The van der Waals surface area contributed by atoms with Gasteiger partial charge in [0.15, 0.2) is 9.84 Å². The van der Waals surface area contributed by atoms with Crippen molar-refractivity contribution in [2.75, 3.05) is 16.8 Å². The highest BCUT2D eigenvalue weighted by Crippen LogP contribution is 2.35. The minimum absolute atomic E-state index is 0.122. The summed E-state index contributed by atoms with van der Waals surface area (Å²) in [5, 5.41) is 13.4. The zero-order valence-corrected chi connectivity index (χ0v) is 10.7. The second-order valence-electron chi connectivity index (χ2n) is 4.40. The lowest BCUT2D eigenvalue weighted by atomic mass is 10.1. The summed E-state index contributed by atoms with van der Waals surface area (Å²) in [5.74, 6) is -0.379. The molecule has 110 valence electrons. The van der Waals surface area contributed by atoms with Crippen LogP contribution in [0.25, 0.3) is 0 Å². The van der Waals surface area contributed by atoms with Gasteiger partial charge in [-0.3, -0.25) is 10.1 Å². The Morgan fingerprint density at radius 2 is 1.90 bits per heavy atom. The lowest BCUT2D eigenvalue weighted by Crippen LogP contribution is -2.46. The molecule has 1 aromatic rings. The van der Waals surface area contributed by atoms with Crippen LogP contribution in [0.4, 0.5) is 24.5 Å². The molecule has 0 amide bonds. The van der Waals surface area contributed by atoms with Gasteiger partial charge in [0.1, 0.15) is 5.69 Å². The Bertz CT molecular complexity index is 645. The molecule has 10 heteroatoms. The first-order valence-electron chi connectivity index (χ1n) is 5.41. The van der Waals surface area contributed by atoms with Crippen LogP contribution >= 0.6 is 0 Å². The normalized spacial score (nSPS) is 18.4. The van der Waals surface area contributed by atoms with Crippen LogP contribution in [0.2, 0.25) is 0 Å². The molecule has 0 spiro atoms. The number of rotatable bonds is 3. The van der Waals surface area contributed by atoms with Gasteiger partial charge in [0.2, 0.25) is 0 Å². The molecule has 1 heterocycles. The van der Waals surface area contributed by atoms with Gasteiger partial charge in [-0.05, 0) is 12.1 Å². The van der Waals surface area contributed by atoms with Crippen LogP contribution in [0.5, 0.6) is 0 Å². The molecule has 20 heavy (non-hydrogen) atoms. The molecule has 0 atom stereocenters. The maximum atomic E-state index is 12.5. The Kier molecular flexibility index (Phi) is 3.36. The highest BCUT2D eigenvalue weighted by molar-refractivity contribution is 7.92. The fourth-order valence-corrected chi connectivity index (χ4v) is 3.14. The lowest BCUT2D eigenvalue weighted by molar-refractivity contribution is -0.384. The minimum Gasteiger partial charge on any atom is -0.375 e. The van der Waals surface area contributed by atoms with Gasteiger partial charge in [-0.25, -0.2) is 8.42 Å². The first kappa shape index (κ1) is 14.6. The summed E-state index contributed by atoms with van der Waals surface area (Å²) in [5.41, 5.74) is -1.98. The van der Waals surface area contributed by atoms with Crippen molar-refractivity contribution in [3.8, 4) is 0 Å². The highest BCUT2D eigenvalue weighted by atomic mass is 32.2. The zero-order valence-electron chi connectivity index (χ0n) is 9.85. The van der Waals surface area contributed by atoms with Gasteiger partial charge >= 0.3 is 6.18 Å². The number of nitro benzene ring substituents is 1. The van der Waals surface area contributed by atoms with Crippen LogP contribution in [0.1, 0.15) is 5.56 Å². The Morgan fingerprint density at radius 1 is 1.30 bits per heavy atom. The third-order valence-electron chi connectivity index (χ3n) is 2.79. The van der Waals surface area contributed by atoms with E-state index in [1.54, 1.807) is 0 Å². The molecule has 0 aromatic heterocycles. The van der Waals surface area contributed by atoms with Crippen LogP contribution < -0.4 is 5.32 Å². The maximum Gasteiger partial charge on any atom is 0.416 e. The number of alkyl halides is 3. The molecule has 1 saturated heterocycles. The van der Waals surface area contributed by atoms with E-state index in [9.17, 15) is 31.7 Å². The molecule has 0 saturated carbocycles. The van der Waals surface area contributed by atoms with Crippen molar-refractivity contribution in [1.29, 1.82) is 0 Å². The molecule has 0 radical (unpaired) electrons. The summed E-state index contributed by atoms with van der Waals surface area (Å²) in [6.07, 6.45) is -4.68. The van der Waals surface area contributed by atoms with Crippen molar-refractivity contribution in [3.63, 3.8) is 0 Å². The second-order valence-corrected chi connectivity index (χ2v) is 6.56. The highest BCUT2D eigenvalue weighted by Gasteiger charge is 2.36. The van der Waals surface area contributed by atoms with Crippen molar-refractivity contribution >= 4 is 21.2 Å². The van der Waals surface area contributed by atoms with E-state index in [4.69, 9.17) is 0 Å². The fraction of sp³-hybridized carbons (Fsp3) is 0.400. The number of nitrogens with zero attached hydrogens (tertiary/aromatic N) is 1. The fourth-order valence-electron chi connectivity index (χ4n) is 1.85. The van der Waals surface area contributed by atoms with E-state index < -0.39 is 38.2 Å². The van der Waals surface area contributed by atoms with Gasteiger partial charge < -0.3 is 5.32 Å². The van der Waals surface area contributed by atoms with E-state index in [1.807, 2.05) is 0 Å². The van der Waals surface area contributed by atoms with E-state index >= 15 is 0 Å². The molecule has 1 aliphatic rings. The van der Waals surface area contributed by atoms with E-state index in [0.29, 0.717) is 12.1 Å². The molecule has 0 aliphatic carbocycles. The molecule has 6 nitrogen and oxygen atoms in total. The Labute approximate surface area is 111 Å². The summed E-state index contributed by atoms with van der Waals surface area (Å²) in [6.45, 7) is 0. The largest absolute Gasteiger partial charge is 0.416 e. The summed E-state index contributed by atoms with van der Waals surface area (Å²) in [6, 6.07) is 1.56. The van der Waals surface area contributed by atoms with E-state index in [-0.39, 0.29) is 17.2 Å². The standard InChI is InChI=1S/C10H9F3N2O4S/c11-10(12,13)6-1-2-8(9(3-6)15(16)17)14-7-4-20(18,19)5-7/h1-3,7,14H,4-5H2. The van der Waals surface area contributed by atoms with Crippen LogP contribution in [-0.2, 0) is 16.0 Å². The molecule has 2 rings (SSSR count). The van der Waals surface area contributed by atoms with Gasteiger partial charge in [-0.2, -0.15) is 13.2 Å². The van der Waals surface area contributed by atoms with Gasteiger partial charge in [0, 0.05) is 6.07 Å². The Balaban J connectivity index is 2.27. The van der Waals surface area contributed by atoms with Crippen molar-refractivity contribution in [2.45, 2.75) is 12.2 Å². The molecule has 1 aliphatic heterocycles. The molecule has 1 fully saturated rings. The van der Waals surface area contributed by atoms with Crippen LogP contribution in [-0.4, -0.2) is 30.9 Å². The number of halogens is 3. The smallest absolute Gasteiger partial charge is 0.375 e. The number of sulfone groups is 1. The first-order valence-corrected chi connectivity index (χ1v) is 7.23. The third kappa shape index (κ3) is 3.00. The second kappa shape index (κ2) is 4.62. The van der Waals surface area contributed by atoms with E-state index in [0.717, 1.165) is 6.07 Å². The summed E-state index contributed by atoms with van der Waals surface area (Å²) >= 11 is 0. The van der Waals surface area contributed by atoms with Crippen LogP contribution in [0.15, 0.2) is 18.2 Å². The molecular formula is C10H9F3N2O4S. The molecule has 1 N–H and O–H groups in total. The summed E-state index contributed by atoms with van der Waals surface area (Å²) in [4.78, 5) is 9.86. The van der Waals surface area contributed by atoms with Gasteiger partial charge in [-0.15, -0.1) is 0 Å². The number of benzene rings is 1. The number of hydrogen-bond acceptors (Lipinski definition) is 5. The number of nitrogens with one attached hydrogen (secondary N) is 1. The predicted octanol–water partition coefficient (Wildman–Crippen LogP) is 1.82. The number of anilines is 1. The van der Waals surface area contributed by atoms with Gasteiger partial charge in [0.25, 0.3) is 5.69 Å². The van der Waals surface area contributed by atoms with Crippen molar-refractivity contribution < 1.29 is 26.5 Å². The van der Waals surface area contributed by atoms with Crippen LogP contribution in [0.3, 0.4) is 0 Å². The monoisotopic (exact) mass is 310 g/mol. The van der Waals surface area contributed by atoms with Gasteiger partial charge in [-0.1, -0.05) is 0 Å². The number of nitro groups is 1. The van der Waals surface area contributed by atoms with E-state index in [1.165, 1.54) is 0 Å². The van der Waals surface area contributed by atoms with Crippen molar-refractivity contribution in [3.05, 3.63) is 33.9 Å². The summed E-state index contributed by atoms with van der Waals surface area (Å²) in [7, 11) is -3.13. The predicted molar refractivity (Wildman–Crippen MR) is 64.2 cm³/mol. The average molecular weight is 310 g/mol. The quantitative estimate of drug-likeness (QED) is 0.679. The van der Waals surface area contributed by atoms with Crippen molar-refractivity contribution in [1.82, 2.24) is 0 Å². The molecular weight excluding hydrogens is 301 g/mol. The Hall–Kier alpha value is -1.84. The molecule has 1 aromatic carbocycles. The lowest BCUT2D eigenvalue weighted by Gasteiger charge is -2.27. The maximum absolute atomic E-state index is 12.5. The first-order chi connectivity index (χ1) is 9.08.